The molecule has 1 fully saturated rings. The third-order valence-corrected chi connectivity index (χ3v) is 6.42. The fourth-order valence-corrected chi connectivity index (χ4v) is 4.38. The van der Waals surface area contributed by atoms with Crippen LogP contribution in [0.3, 0.4) is 0 Å². The number of piperazine rings is 1. The van der Waals surface area contributed by atoms with Crippen LogP contribution < -0.4 is 15.4 Å². The minimum atomic E-state index is -0.923. The van der Waals surface area contributed by atoms with Gasteiger partial charge in [0.2, 0.25) is 0 Å². The van der Waals surface area contributed by atoms with E-state index in [-0.39, 0.29) is 24.7 Å². The molecule has 0 bridgehead atoms. The molecule has 37 heavy (non-hydrogen) atoms. The van der Waals surface area contributed by atoms with Gasteiger partial charge in [0.1, 0.15) is 6.61 Å². The van der Waals surface area contributed by atoms with Crippen molar-refractivity contribution in [1.82, 2.24) is 29.7 Å². The predicted molar refractivity (Wildman–Crippen MR) is 142 cm³/mol. The van der Waals surface area contributed by atoms with Crippen LogP contribution in [0.5, 0.6) is 6.01 Å². The first-order chi connectivity index (χ1) is 18.0. The van der Waals surface area contributed by atoms with E-state index >= 15 is 0 Å². The fourth-order valence-electron chi connectivity index (χ4n) is 4.38. The molecule has 1 atom stereocenters. The van der Waals surface area contributed by atoms with Crippen LogP contribution in [0, 0.1) is 0 Å². The van der Waals surface area contributed by atoms with E-state index in [1.165, 1.54) is 10.5 Å². The van der Waals surface area contributed by atoms with E-state index < -0.39 is 6.09 Å². The first-order valence-corrected chi connectivity index (χ1v) is 12.4. The molecule has 2 aromatic heterocycles. The van der Waals surface area contributed by atoms with Gasteiger partial charge in [-0.3, -0.25) is 0 Å². The zero-order valence-electron chi connectivity index (χ0n) is 21.0. The lowest BCUT2D eigenvalue weighted by Gasteiger charge is -2.31. The van der Waals surface area contributed by atoms with Gasteiger partial charge in [-0.1, -0.05) is 54.6 Å². The lowest BCUT2D eigenvalue weighted by molar-refractivity contribution is 0.117. The lowest BCUT2D eigenvalue weighted by atomic mass is 10.0. The van der Waals surface area contributed by atoms with Gasteiger partial charge in [0, 0.05) is 32.2 Å². The summed E-state index contributed by atoms with van der Waals surface area (Å²) in [5.41, 5.74) is 4.82. The Balaban J connectivity index is 1.33. The Labute approximate surface area is 215 Å². The molecule has 0 aliphatic carbocycles. The monoisotopic (exact) mass is 501 g/mol. The van der Waals surface area contributed by atoms with Crippen molar-refractivity contribution in [3.8, 4) is 17.1 Å². The highest BCUT2D eigenvalue weighted by atomic mass is 16.5. The number of hydrogen-bond acceptors (Lipinski definition) is 7. The summed E-state index contributed by atoms with van der Waals surface area (Å²) in [5.74, 6) is 0.593. The summed E-state index contributed by atoms with van der Waals surface area (Å²) < 4.78 is 7.94. The highest BCUT2D eigenvalue weighted by Gasteiger charge is 2.24. The summed E-state index contributed by atoms with van der Waals surface area (Å²) in [6.07, 6.45) is 0.842. The molecular formula is C27H31N7O3. The maximum atomic E-state index is 11.3. The Morgan fingerprint density at radius 2 is 1.89 bits per heavy atom. The number of benzene rings is 2. The number of fused-ring (bicyclic) bond motifs is 1. The number of nitrogens with one attached hydrogen (secondary N) is 2. The van der Waals surface area contributed by atoms with Crippen LogP contribution in [-0.4, -0.2) is 67.9 Å². The van der Waals surface area contributed by atoms with Gasteiger partial charge in [0.15, 0.2) is 17.0 Å². The summed E-state index contributed by atoms with van der Waals surface area (Å²) in [5, 5.41) is 16.0. The fraction of sp³-hybridized carbons (Fsp3) is 0.333. The molecule has 0 saturated carbocycles. The Morgan fingerprint density at radius 3 is 2.62 bits per heavy atom. The van der Waals surface area contributed by atoms with Gasteiger partial charge in [-0.2, -0.15) is 9.97 Å². The van der Waals surface area contributed by atoms with Crippen LogP contribution in [0.15, 0.2) is 60.9 Å². The summed E-state index contributed by atoms with van der Waals surface area (Å²) in [6, 6.07) is 18.9. The van der Waals surface area contributed by atoms with Crippen molar-refractivity contribution in [3.63, 3.8) is 0 Å². The van der Waals surface area contributed by atoms with Crippen LogP contribution >= 0.6 is 0 Å². The van der Waals surface area contributed by atoms with Crippen LogP contribution in [-0.2, 0) is 6.54 Å². The highest BCUT2D eigenvalue weighted by molar-refractivity contribution is 5.83. The number of nitrogens with zero attached hydrogens (tertiary/aromatic N) is 5. The largest absolute Gasteiger partial charge is 0.465 e. The second-order valence-corrected chi connectivity index (χ2v) is 9.38. The van der Waals surface area contributed by atoms with Crippen molar-refractivity contribution in [2.24, 2.45) is 0 Å². The third-order valence-electron chi connectivity index (χ3n) is 6.42. The summed E-state index contributed by atoms with van der Waals surface area (Å²) in [6.45, 7) is 6.34. The number of anilines is 1. The van der Waals surface area contributed by atoms with E-state index in [0.717, 1.165) is 11.1 Å². The van der Waals surface area contributed by atoms with Gasteiger partial charge in [-0.25, -0.2) is 9.78 Å². The lowest BCUT2D eigenvalue weighted by Crippen LogP contribution is -2.54. The third kappa shape index (κ3) is 5.64. The number of rotatable bonds is 8. The molecule has 4 aromatic rings. The maximum absolute atomic E-state index is 11.3. The van der Waals surface area contributed by atoms with E-state index in [1.807, 2.05) is 22.8 Å². The topological polar surface area (TPSA) is 117 Å². The average molecular weight is 502 g/mol. The van der Waals surface area contributed by atoms with Gasteiger partial charge in [0.05, 0.1) is 12.4 Å². The van der Waals surface area contributed by atoms with Crippen LogP contribution in [0.25, 0.3) is 22.3 Å². The molecule has 1 aliphatic rings. The van der Waals surface area contributed by atoms with Gasteiger partial charge in [0.25, 0.3) is 0 Å². The molecule has 0 spiro atoms. The Hall–Kier alpha value is -4.18. The number of carboxylic acid groups (broad SMARTS) is 1. The number of amides is 1. The average Bonchev–Trinajstić information content (AvgIpc) is 3.36. The Bertz CT molecular complexity index is 1360. The standard InChI is InChI=1S/C27H31N7O3/c1-18(2)34-17-30-23-24(29-14-19-8-10-21(11-9-19)20-6-4-3-5-7-20)31-26(32-25(23)34)37-16-22-15-33(27(35)36)13-12-28-22/h3-11,17-18,22,28H,12-16H2,1-2H3,(H,35,36)(H,29,31,32). The van der Waals surface area contributed by atoms with Gasteiger partial charge >= 0.3 is 12.1 Å². The molecule has 3 N–H and O–H groups in total. The first-order valence-electron chi connectivity index (χ1n) is 12.4. The molecular weight excluding hydrogens is 470 g/mol. The van der Waals surface area contributed by atoms with Crippen molar-refractivity contribution in [3.05, 3.63) is 66.5 Å². The van der Waals surface area contributed by atoms with E-state index in [1.54, 1.807) is 6.33 Å². The van der Waals surface area contributed by atoms with Crippen LogP contribution in [0.4, 0.5) is 10.6 Å². The van der Waals surface area contributed by atoms with Gasteiger partial charge in [-0.05, 0) is 30.5 Å². The van der Waals surface area contributed by atoms with Crippen molar-refractivity contribution in [2.45, 2.75) is 32.5 Å². The Morgan fingerprint density at radius 1 is 1.14 bits per heavy atom. The first kappa shape index (κ1) is 24.5. The molecule has 2 aromatic carbocycles. The van der Waals surface area contributed by atoms with E-state index in [0.29, 0.717) is 43.2 Å². The van der Waals surface area contributed by atoms with Crippen LogP contribution in [0.2, 0.25) is 0 Å². The van der Waals surface area contributed by atoms with Crippen molar-refractivity contribution in [2.75, 3.05) is 31.6 Å². The molecule has 1 amide bonds. The quantitative estimate of drug-likeness (QED) is 0.331. The SMILES string of the molecule is CC(C)n1cnc2c(NCc3ccc(-c4ccccc4)cc3)nc(OCC3CN(C(=O)O)CCN3)nc21. The zero-order chi connectivity index (χ0) is 25.8. The van der Waals surface area contributed by atoms with Gasteiger partial charge in [-0.15, -0.1) is 0 Å². The summed E-state index contributed by atoms with van der Waals surface area (Å²) in [4.78, 5) is 26.5. The predicted octanol–water partition coefficient (Wildman–Crippen LogP) is 4.02. The molecule has 5 rings (SSSR count). The van der Waals surface area contributed by atoms with E-state index in [4.69, 9.17) is 4.74 Å². The minimum absolute atomic E-state index is 0.140. The second-order valence-electron chi connectivity index (χ2n) is 9.38. The second kappa shape index (κ2) is 10.8. The number of ether oxygens (including phenoxy) is 1. The molecule has 1 unspecified atom stereocenters. The maximum Gasteiger partial charge on any atom is 0.407 e. The molecule has 10 heteroatoms. The molecule has 1 saturated heterocycles. The van der Waals surface area contributed by atoms with Crippen molar-refractivity contribution >= 4 is 23.1 Å². The minimum Gasteiger partial charge on any atom is -0.465 e. The number of hydrogen-bond donors (Lipinski definition) is 3. The highest BCUT2D eigenvalue weighted by Crippen LogP contribution is 2.25. The molecule has 1 aliphatic heterocycles. The smallest absolute Gasteiger partial charge is 0.407 e. The van der Waals surface area contributed by atoms with Gasteiger partial charge < -0.3 is 29.9 Å². The number of aromatic nitrogens is 4. The Kier molecular flexibility index (Phi) is 7.18. The van der Waals surface area contributed by atoms with Crippen molar-refractivity contribution in [1.29, 1.82) is 0 Å². The summed E-state index contributed by atoms with van der Waals surface area (Å²) >= 11 is 0. The molecule has 0 radical (unpaired) electrons. The zero-order valence-corrected chi connectivity index (χ0v) is 21.0. The number of imidazole rings is 1. The van der Waals surface area contributed by atoms with Crippen LogP contribution in [0.1, 0.15) is 25.5 Å². The van der Waals surface area contributed by atoms with E-state index in [9.17, 15) is 9.90 Å². The summed E-state index contributed by atoms with van der Waals surface area (Å²) in [7, 11) is 0. The normalized spacial score (nSPS) is 15.8. The van der Waals surface area contributed by atoms with E-state index in [2.05, 4.69) is 75.8 Å². The van der Waals surface area contributed by atoms with Crippen molar-refractivity contribution < 1.29 is 14.6 Å². The molecule has 192 valence electrons. The molecule has 10 nitrogen and oxygen atoms in total. The number of carbonyl (C=O) groups is 1. The molecule has 3 heterocycles.